The predicted octanol–water partition coefficient (Wildman–Crippen LogP) is 4.56. The van der Waals surface area contributed by atoms with Crippen molar-refractivity contribution in [1.29, 1.82) is 0 Å². The summed E-state index contributed by atoms with van der Waals surface area (Å²) >= 11 is 0. The van der Waals surface area contributed by atoms with Gasteiger partial charge in [-0.15, -0.1) is 0 Å². The molecule has 142 valence electrons. The lowest BCUT2D eigenvalue weighted by Crippen LogP contribution is -2.14. The standard InChI is InChI=1S/C21H17F3N4/c22-21(23,24)17-9-18(28-20(27-17)13-5-3-7-25-10-13)26-11-16-15-8-12-4-1-2-6-14(12)19(15)16/h1-7,9-10,15-16,19H,8,11H2,(H,26,27,28). The number of aromatic nitrogens is 3. The van der Waals surface area contributed by atoms with Crippen LogP contribution in [0.3, 0.4) is 0 Å². The van der Waals surface area contributed by atoms with Crippen LogP contribution in [0.25, 0.3) is 11.4 Å². The minimum atomic E-state index is -4.54. The van der Waals surface area contributed by atoms with E-state index in [4.69, 9.17) is 0 Å². The smallest absolute Gasteiger partial charge is 0.370 e. The lowest BCUT2D eigenvalue weighted by Gasteiger charge is -2.13. The Bertz CT molecular complexity index is 1020. The van der Waals surface area contributed by atoms with Crippen LogP contribution in [-0.2, 0) is 12.6 Å². The molecule has 2 aliphatic carbocycles. The number of nitrogens with one attached hydrogen (secondary N) is 1. The molecule has 4 nitrogen and oxygen atoms in total. The van der Waals surface area contributed by atoms with Crippen molar-refractivity contribution in [2.45, 2.75) is 18.5 Å². The van der Waals surface area contributed by atoms with Crippen LogP contribution in [-0.4, -0.2) is 21.5 Å². The van der Waals surface area contributed by atoms with Crippen LogP contribution in [0.1, 0.15) is 22.7 Å². The Labute approximate surface area is 159 Å². The Morgan fingerprint density at radius 2 is 1.93 bits per heavy atom. The van der Waals surface area contributed by atoms with Gasteiger partial charge >= 0.3 is 6.18 Å². The average Bonchev–Trinajstić information content (AvgIpc) is 3.24. The molecule has 3 atom stereocenters. The van der Waals surface area contributed by atoms with Crippen LogP contribution in [0.2, 0.25) is 0 Å². The molecule has 2 heterocycles. The number of halogens is 3. The fourth-order valence-corrected chi connectivity index (χ4v) is 4.29. The first kappa shape index (κ1) is 17.2. The Balaban J connectivity index is 1.37. The normalized spacial score (nSPS) is 22.5. The zero-order valence-corrected chi connectivity index (χ0v) is 14.8. The Kier molecular flexibility index (Phi) is 3.86. The van der Waals surface area contributed by atoms with Crippen LogP contribution in [0, 0.1) is 11.8 Å². The van der Waals surface area contributed by atoms with E-state index in [1.165, 1.54) is 17.3 Å². The Morgan fingerprint density at radius 3 is 2.71 bits per heavy atom. The summed E-state index contributed by atoms with van der Waals surface area (Å²) in [5.74, 6) is 1.73. The fourth-order valence-electron chi connectivity index (χ4n) is 4.29. The second-order valence-electron chi connectivity index (χ2n) is 7.34. The van der Waals surface area contributed by atoms with Crippen molar-refractivity contribution in [3.8, 4) is 11.4 Å². The maximum absolute atomic E-state index is 13.3. The van der Waals surface area contributed by atoms with Gasteiger partial charge in [0.05, 0.1) is 0 Å². The number of alkyl halides is 3. The molecule has 0 bridgehead atoms. The second kappa shape index (κ2) is 6.29. The largest absolute Gasteiger partial charge is 0.433 e. The molecule has 1 aromatic carbocycles. The lowest BCUT2D eigenvalue weighted by molar-refractivity contribution is -0.141. The molecule has 3 unspecified atom stereocenters. The summed E-state index contributed by atoms with van der Waals surface area (Å²) in [5, 5.41) is 3.12. The van der Waals surface area contributed by atoms with Gasteiger partial charge in [0.2, 0.25) is 0 Å². The van der Waals surface area contributed by atoms with Crippen LogP contribution in [0.15, 0.2) is 54.9 Å². The molecule has 2 aromatic heterocycles. The van der Waals surface area contributed by atoms with Gasteiger partial charge in [-0.2, -0.15) is 13.2 Å². The third kappa shape index (κ3) is 3.00. The van der Waals surface area contributed by atoms with E-state index in [0.717, 1.165) is 12.5 Å². The number of anilines is 1. The molecule has 3 aromatic rings. The highest BCUT2D eigenvalue weighted by molar-refractivity contribution is 5.56. The van der Waals surface area contributed by atoms with E-state index < -0.39 is 11.9 Å². The van der Waals surface area contributed by atoms with Gasteiger partial charge in [0, 0.05) is 30.6 Å². The summed E-state index contributed by atoms with van der Waals surface area (Å²) in [6.07, 6.45) is -0.474. The van der Waals surface area contributed by atoms with Crippen LogP contribution < -0.4 is 5.32 Å². The summed E-state index contributed by atoms with van der Waals surface area (Å²) in [6, 6.07) is 12.7. The molecule has 7 heteroatoms. The number of fused-ring (bicyclic) bond motifs is 3. The van der Waals surface area contributed by atoms with E-state index in [1.807, 2.05) is 6.07 Å². The lowest BCUT2D eigenvalue weighted by atomic mass is 10.0. The summed E-state index contributed by atoms with van der Waals surface area (Å²) < 4.78 is 39.9. The Hall–Kier alpha value is -2.96. The average molecular weight is 382 g/mol. The first-order valence-corrected chi connectivity index (χ1v) is 9.19. The van der Waals surface area contributed by atoms with Gasteiger partial charge in [-0.05, 0) is 47.4 Å². The molecular weight excluding hydrogens is 365 g/mol. The van der Waals surface area contributed by atoms with E-state index in [2.05, 4.69) is 38.5 Å². The third-order valence-electron chi connectivity index (χ3n) is 5.66. The van der Waals surface area contributed by atoms with E-state index in [0.29, 0.717) is 29.9 Å². The number of rotatable bonds is 4. The van der Waals surface area contributed by atoms with Crippen molar-refractivity contribution in [2.24, 2.45) is 11.8 Å². The van der Waals surface area contributed by atoms with Crippen molar-refractivity contribution >= 4 is 5.82 Å². The molecule has 0 spiro atoms. The molecule has 5 rings (SSSR count). The predicted molar refractivity (Wildman–Crippen MR) is 98.6 cm³/mol. The molecule has 0 amide bonds. The van der Waals surface area contributed by atoms with E-state index in [1.54, 1.807) is 18.3 Å². The van der Waals surface area contributed by atoms with Gasteiger partial charge in [0.15, 0.2) is 11.5 Å². The van der Waals surface area contributed by atoms with Crippen molar-refractivity contribution in [3.05, 3.63) is 71.7 Å². The quantitative estimate of drug-likeness (QED) is 0.719. The zero-order chi connectivity index (χ0) is 19.3. The highest BCUT2D eigenvalue weighted by atomic mass is 19.4. The SMILES string of the molecule is FC(F)(F)c1cc(NCC2C3Cc4ccccc4C23)nc(-c2cccnc2)n1. The third-order valence-corrected chi connectivity index (χ3v) is 5.66. The van der Waals surface area contributed by atoms with Crippen molar-refractivity contribution < 1.29 is 13.2 Å². The molecule has 0 aliphatic heterocycles. The van der Waals surface area contributed by atoms with Crippen LogP contribution >= 0.6 is 0 Å². The molecule has 2 aliphatic rings. The van der Waals surface area contributed by atoms with E-state index in [9.17, 15) is 13.2 Å². The maximum atomic E-state index is 13.3. The second-order valence-corrected chi connectivity index (χ2v) is 7.34. The number of pyridine rings is 1. The number of hydrogen-bond donors (Lipinski definition) is 1. The number of hydrogen-bond acceptors (Lipinski definition) is 4. The number of benzene rings is 1. The first-order chi connectivity index (χ1) is 13.5. The minimum absolute atomic E-state index is 0.0201. The molecule has 1 N–H and O–H groups in total. The molecule has 1 saturated carbocycles. The van der Waals surface area contributed by atoms with Gasteiger partial charge in [-0.1, -0.05) is 24.3 Å². The zero-order valence-electron chi connectivity index (χ0n) is 14.8. The highest BCUT2D eigenvalue weighted by Gasteiger charge is 2.54. The molecule has 0 saturated heterocycles. The van der Waals surface area contributed by atoms with Gasteiger partial charge in [-0.3, -0.25) is 4.98 Å². The van der Waals surface area contributed by atoms with Gasteiger partial charge in [0.25, 0.3) is 0 Å². The van der Waals surface area contributed by atoms with Crippen LogP contribution in [0.4, 0.5) is 19.0 Å². The summed E-state index contributed by atoms with van der Waals surface area (Å²) in [5.41, 5.74) is 2.28. The molecular formula is C21H17F3N4. The van der Waals surface area contributed by atoms with Crippen molar-refractivity contribution in [3.63, 3.8) is 0 Å². The molecule has 28 heavy (non-hydrogen) atoms. The number of nitrogens with zero attached hydrogens (tertiary/aromatic N) is 3. The summed E-state index contributed by atoms with van der Waals surface area (Å²) in [7, 11) is 0. The van der Waals surface area contributed by atoms with Gasteiger partial charge in [-0.25, -0.2) is 9.97 Å². The minimum Gasteiger partial charge on any atom is -0.370 e. The molecule has 0 radical (unpaired) electrons. The Morgan fingerprint density at radius 1 is 1.07 bits per heavy atom. The fraction of sp³-hybridized carbons (Fsp3) is 0.286. The molecule has 1 fully saturated rings. The van der Waals surface area contributed by atoms with Crippen LogP contribution in [0.5, 0.6) is 0 Å². The summed E-state index contributed by atoms with van der Waals surface area (Å²) in [6.45, 7) is 0.602. The van der Waals surface area contributed by atoms with E-state index in [-0.39, 0.29) is 11.6 Å². The first-order valence-electron chi connectivity index (χ1n) is 9.19. The van der Waals surface area contributed by atoms with Crippen molar-refractivity contribution in [1.82, 2.24) is 15.0 Å². The monoisotopic (exact) mass is 382 g/mol. The summed E-state index contributed by atoms with van der Waals surface area (Å²) in [4.78, 5) is 11.9. The topological polar surface area (TPSA) is 50.7 Å². The highest BCUT2D eigenvalue weighted by Crippen LogP contribution is 2.61. The van der Waals surface area contributed by atoms with E-state index >= 15 is 0 Å². The van der Waals surface area contributed by atoms with Gasteiger partial charge in [0.1, 0.15) is 5.82 Å². The maximum Gasteiger partial charge on any atom is 0.433 e. The van der Waals surface area contributed by atoms with Gasteiger partial charge < -0.3 is 5.32 Å². The van der Waals surface area contributed by atoms with Crippen molar-refractivity contribution in [2.75, 3.05) is 11.9 Å².